The maximum atomic E-state index is 12.0. The fourth-order valence-corrected chi connectivity index (χ4v) is 1.77. The molecule has 90 valence electrons. The Morgan fingerprint density at radius 2 is 1.76 bits per heavy atom. The molecule has 0 saturated carbocycles. The number of halogens is 2. The molecule has 0 aliphatic carbocycles. The second-order valence-corrected chi connectivity index (χ2v) is 3.92. The molecule has 0 heterocycles. The van der Waals surface area contributed by atoms with Crippen molar-refractivity contribution in [2.45, 2.75) is 13.0 Å². The zero-order valence-corrected chi connectivity index (χ0v) is 9.29. The number of rotatable bonds is 4. The van der Waals surface area contributed by atoms with E-state index in [1.807, 2.05) is 36.4 Å². The molecule has 3 N–H and O–H groups in total. The highest BCUT2D eigenvalue weighted by atomic mass is 19.3. The Morgan fingerprint density at radius 1 is 1.12 bits per heavy atom. The Balaban J connectivity index is 2.19. The van der Waals surface area contributed by atoms with Crippen LogP contribution in [0.1, 0.15) is 5.56 Å². The smallest absolute Gasteiger partial charge is 0.250 e. The second kappa shape index (κ2) is 5.10. The monoisotopic (exact) mass is 236 g/mol. The van der Waals surface area contributed by atoms with Crippen LogP contribution in [-0.4, -0.2) is 13.0 Å². The van der Waals surface area contributed by atoms with Gasteiger partial charge in [-0.05, 0) is 28.5 Å². The predicted molar refractivity (Wildman–Crippen MR) is 66.1 cm³/mol. The van der Waals surface area contributed by atoms with E-state index in [-0.39, 0.29) is 6.54 Å². The quantitative estimate of drug-likeness (QED) is 0.801. The average Bonchev–Trinajstić information content (AvgIpc) is 2.29. The van der Waals surface area contributed by atoms with Gasteiger partial charge in [-0.3, -0.25) is 0 Å². The third-order valence-electron chi connectivity index (χ3n) is 2.62. The van der Waals surface area contributed by atoms with Gasteiger partial charge < -0.3 is 11.1 Å². The molecule has 0 fully saturated rings. The molecule has 0 aliphatic rings. The number of nitrogens with two attached hydrogens (primary N) is 1. The summed E-state index contributed by atoms with van der Waals surface area (Å²) in [4.78, 5) is 0. The minimum absolute atomic E-state index is 0.313. The van der Waals surface area contributed by atoms with E-state index in [4.69, 9.17) is 5.73 Å². The summed E-state index contributed by atoms with van der Waals surface area (Å²) in [5.74, 6) is 0. The van der Waals surface area contributed by atoms with Crippen molar-refractivity contribution in [2.75, 3.05) is 12.3 Å². The maximum Gasteiger partial charge on any atom is 0.250 e. The summed E-state index contributed by atoms with van der Waals surface area (Å²) in [6, 6.07) is 11.6. The summed E-state index contributed by atoms with van der Waals surface area (Å²) in [6.45, 7) is 0.0489. The number of nitrogen functional groups attached to an aromatic ring is 1. The van der Waals surface area contributed by atoms with Crippen LogP contribution in [0.3, 0.4) is 0 Å². The molecule has 0 saturated heterocycles. The number of alkyl halides is 2. The van der Waals surface area contributed by atoms with E-state index in [0.717, 1.165) is 16.3 Å². The zero-order valence-electron chi connectivity index (χ0n) is 9.29. The summed E-state index contributed by atoms with van der Waals surface area (Å²) < 4.78 is 24.0. The molecule has 0 unspecified atom stereocenters. The lowest BCUT2D eigenvalue weighted by Crippen LogP contribution is -2.21. The highest BCUT2D eigenvalue weighted by molar-refractivity contribution is 5.86. The first kappa shape index (κ1) is 11.8. The Labute approximate surface area is 98.4 Å². The van der Waals surface area contributed by atoms with Gasteiger partial charge in [0.05, 0.1) is 6.54 Å². The van der Waals surface area contributed by atoms with Gasteiger partial charge >= 0.3 is 0 Å². The highest BCUT2D eigenvalue weighted by Gasteiger charge is 2.04. The number of fused-ring (bicyclic) bond motifs is 1. The van der Waals surface area contributed by atoms with Crippen LogP contribution in [0.5, 0.6) is 0 Å². The molecular formula is C13H14F2N2. The van der Waals surface area contributed by atoms with Crippen LogP contribution in [0.15, 0.2) is 36.4 Å². The van der Waals surface area contributed by atoms with Crippen molar-refractivity contribution in [3.63, 3.8) is 0 Å². The first-order chi connectivity index (χ1) is 8.16. The molecule has 0 spiro atoms. The standard InChI is InChI=1S/C13H14F2N2/c14-13(15)8-17-7-11-5-9-3-1-2-4-10(9)6-12(11)16/h1-6,13,17H,7-8,16H2. The van der Waals surface area contributed by atoms with Gasteiger partial charge in [-0.1, -0.05) is 24.3 Å². The van der Waals surface area contributed by atoms with E-state index in [9.17, 15) is 8.78 Å². The molecule has 0 aliphatic heterocycles. The van der Waals surface area contributed by atoms with Crippen LogP contribution in [0.2, 0.25) is 0 Å². The number of hydrogen-bond acceptors (Lipinski definition) is 2. The molecule has 0 radical (unpaired) electrons. The van der Waals surface area contributed by atoms with Crippen molar-refractivity contribution in [1.29, 1.82) is 0 Å². The normalized spacial score (nSPS) is 11.2. The summed E-state index contributed by atoms with van der Waals surface area (Å²) in [6.07, 6.45) is -2.34. The van der Waals surface area contributed by atoms with Crippen molar-refractivity contribution in [2.24, 2.45) is 0 Å². The van der Waals surface area contributed by atoms with Gasteiger partial charge in [0.15, 0.2) is 0 Å². The van der Waals surface area contributed by atoms with Gasteiger partial charge in [-0.25, -0.2) is 8.78 Å². The van der Waals surface area contributed by atoms with Crippen molar-refractivity contribution in [3.8, 4) is 0 Å². The van der Waals surface area contributed by atoms with Gasteiger partial charge in [-0.2, -0.15) is 0 Å². The Bertz CT molecular complexity index is 512. The van der Waals surface area contributed by atoms with Crippen LogP contribution < -0.4 is 11.1 Å². The summed E-state index contributed by atoms with van der Waals surface area (Å²) in [5, 5.41) is 4.80. The molecule has 0 bridgehead atoms. The van der Waals surface area contributed by atoms with Gasteiger partial charge in [0.25, 0.3) is 6.43 Å². The molecule has 2 aromatic rings. The summed E-state index contributed by atoms with van der Waals surface area (Å²) in [5.41, 5.74) is 7.36. The number of benzene rings is 2. The first-order valence-electron chi connectivity index (χ1n) is 5.43. The Morgan fingerprint density at radius 3 is 2.41 bits per heavy atom. The minimum atomic E-state index is -2.34. The molecule has 2 nitrogen and oxygen atoms in total. The fraction of sp³-hybridized carbons (Fsp3) is 0.231. The third-order valence-corrected chi connectivity index (χ3v) is 2.62. The van der Waals surface area contributed by atoms with Crippen LogP contribution in [0, 0.1) is 0 Å². The molecular weight excluding hydrogens is 222 g/mol. The van der Waals surface area contributed by atoms with E-state index in [2.05, 4.69) is 5.32 Å². The Hall–Kier alpha value is -1.68. The molecule has 4 heteroatoms. The molecule has 17 heavy (non-hydrogen) atoms. The van der Waals surface area contributed by atoms with Crippen LogP contribution in [0.4, 0.5) is 14.5 Å². The lowest BCUT2D eigenvalue weighted by Gasteiger charge is -2.09. The van der Waals surface area contributed by atoms with E-state index in [1.54, 1.807) is 0 Å². The highest BCUT2D eigenvalue weighted by Crippen LogP contribution is 2.21. The topological polar surface area (TPSA) is 38.0 Å². The zero-order chi connectivity index (χ0) is 12.3. The number of hydrogen-bond donors (Lipinski definition) is 2. The van der Waals surface area contributed by atoms with Crippen molar-refractivity contribution in [1.82, 2.24) is 5.32 Å². The maximum absolute atomic E-state index is 12.0. The SMILES string of the molecule is Nc1cc2ccccc2cc1CNCC(F)F. The van der Waals surface area contributed by atoms with Gasteiger partial charge in [-0.15, -0.1) is 0 Å². The fourth-order valence-electron chi connectivity index (χ4n) is 1.77. The van der Waals surface area contributed by atoms with Crippen molar-refractivity contribution >= 4 is 16.5 Å². The molecule has 2 rings (SSSR count). The van der Waals surface area contributed by atoms with E-state index < -0.39 is 6.43 Å². The summed E-state index contributed by atoms with van der Waals surface area (Å²) in [7, 11) is 0. The third kappa shape index (κ3) is 2.91. The van der Waals surface area contributed by atoms with Crippen LogP contribution in [0.25, 0.3) is 10.8 Å². The molecule has 0 amide bonds. The first-order valence-corrected chi connectivity index (χ1v) is 5.43. The van der Waals surface area contributed by atoms with Gasteiger partial charge in [0, 0.05) is 12.2 Å². The number of nitrogens with one attached hydrogen (secondary N) is 1. The predicted octanol–water partition coefficient (Wildman–Crippen LogP) is 2.78. The van der Waals surface area contributed by atoms with Gasteiger partial charge in [0.1, 0.15) is 0 Å². The van der Waals surface area contributed by atoms with Crippen molar-refractivity contribution < 1.29 is 8.78 Å². The van der Waals surface area contributed by atoms with E-state index in [0.29, 0.717) is 12.2 Å². The lowest BCUT2D eigenvalue weighted by molar-refractivity contribution is 0.145. The number of anilines is 1. The lowest BCUT2D eigenvalue weighted by atomic mass is 10.1. The van der Waals surface area contributed by atoms with Crippen molar-refractivity contribution in [3.05, 3.63) is 42.0 Å². The largest absolute Gasteiger partial charge is 0.398 e. The molecule has 2 aromatic carbocycles. The van der Waals surface area contributed by atoms with Crippen LogP contribution in [-0.2, 0) is 6.54 Å². The average molecular weight is 236 g/mol. The second-order valence-electron chi connectivity index (χ2n) is 3.92. The molecule has 0 atom stereocenters. The van der Waals surface area contributed by atoms with E-state index in [1.165, 1.54) is 0 Å². The van der Waals surface area contributed by atoms with Gasteiger partial charge in [0.2, 0.25) is 0 Å². The van der Waals surface area contributed by atoms with Crippen LogP contribution >= 0.6 is 0 Å². The molecule has 0 aromatic heterocycles. The summed E-state index contributed by atoms with van der Waals surface area (Å²) >= 11 is 0. The Kier molecular flexibility index (Phi) is 3.54. The minimum Gasteiger partial charge on any atom is -0.398 e. The van der Waals surface area contributed by atoms with E-state index >= 15 is 0 Å².